The molecule has 0 atom stereocenters. The van der Waals surface area contributed by atoms with Gasteiger partial charge in [0.1, 0.15) is 5.82 Å². The van der Waals surface area contributed by atoms with Gasteiger partial charge in [-0.05, 0) is 37.5 Å². The van der Waals surface area contributed by atoms with Crippen LogP contribution in [0.1, 0.15) is 64.9 Å². The minimum atomic E-state index is -0.311. The average molecular weight is 293 g/mol. The molecule has 21 heavy (non-hydrogen) atoms. The second-order valence-electron chi connectivity index (χ2n) is 5.78. The molecule has 2 nitrogen and oxygen atoms in total. The molecule has 1 aromatic rings. The first-order valence-electron chi connectivity index (χ1n) is 8.07. The molecule has 0 unspecified atom stereocenters. The number of carbonyl (C=O) groups excluding carboxylic acids is 1. The first-order valence-corrected chi connectivity index (χ1v) is 8.07. The molecule has 0 saturated carbocycles. The lowest BCUT2D eigenvalue weighted by Crippen LogP contribution is -2.39. The molecule has 3 heteroatoms. The Hall–Kier alpha value is -1.38. The van der Waals surface area contributed by atoms with Crippen LogP contribution in [0.5, 0.6) is 0 Å². The Kier molecular flexibility index (Phi) is 7.41. The monoisotopic (exact) mass is 293 g/mol. The number of benzene rings is 1. The second kappa shape index (κ2) is 8.81. The van der Waals surface area contributed by atoms with Gasteiger partial charge in [-0.2, -0.15) is 0 Å². The maximum absolute atomic E-state index is 14.2. The Morgan fingerprint density at radius 2 is 1.76 bits per heavy atom. The van der Waals surface area contributed by atoms with Gasteiger partial charge in [0.2, 0.25) is 5.91 Å². The van der Waals surface area contributed by atoms with Crippen LogP contribution in [0.15, 0.2) is 18.2 Å². The predicted molar refractivity (Wildman–Crippen MR) is 87.1 cm³/mol. The molecule has 0 N–H and O–H groups in total. The van der Waals surface area contributed by atoms with Crippen molar-refractivity contribution in [1.82, 2.24) is 0 Å². The summed E-state index contributed by atoms with van der Waals surface area (Å²) >= 11 is 0. The minimum absolute atomic E-state index is 0.0725. The van der Waals surface area contributed by atoms with Gasteiger partial charge in [-0.1, -0.05) is 45.6 Å². The van der Waals surface area contributed by atoms with E-state index in [-0.39, 0.29) is 17.8 Å². The van der Waals surface area contributed by atoms with Crippen molar-refractivity contribution < 1.29 is 9.18 Å². The van der Waals surface area contributed by atoms with Crippen LogP contribution < -0.4 is 4.90 Å². The zero-order valence-electron chi connectivity index (χ0n) is 13.8. The molecule has 1 rings (SSSR count). The largest absolute Gasteiger partial charge is 0.307 e. The molecule has 0 saturated heterocycles. The highest BCUT2D eigenvalue weighted by Gasteiger charge is 2.24. The third-order valence-electron chi connectivity index (χ3n) is 3.85. The van der Waals surface area contributed by atoms with Crippen LogP contribution in [0.25, 0.3) is 0 Å². The molecule has 0 radical (unpaired) electrons. The molecule has 118 valence electrons. The number of rotatable bonds is 8. The highest BCUT2D eigenvalue weighted by atomic mass is 19.1. The Morgan fingerprint density at radius 3 is 2.24 bits per heavy atom. The SMILES string of the molecule is CCCCC(CCCC)N(C(C)=O)c1cc(C)ccc1F. The van der Waals surface area contributed by atoms with Gasteiger partial charge < -0.3 is 4.90 Å². The molecule has 0 aliphatic carbocycles. The predicted octanol–water partition coefficient (Wildman–Crippen LogP) is 5.24. The number of nitrogens with zero attached hydrogens (tertiary/aromatic N) is 1. The maximum atomic E-state index is 14.2. The quantitative estimate of drug-likeness (QED) is 0.642. The van der Waals surface area contributed by atoms with Crippen LogP contribution in [0.2, 0.25) is 0 Å². The summed E-state index contributed by atoms with van der Waals surface area (Å²) in [6, 6.07) is 5.07. The van der Waals surface area contributed by atoms with Crippen molar-refractivity contribution >= 4 is 11.6 Å². The lowest BCUT2D eigenvalue weighted by molar-refractivity contribution is -0.117. The molecule has 0 spiro atoms. The minimum Gasteiger partial charge on any atom is -0.307 e. The molecule has 0 aliphatic heterocycles. The third-order valence-corrected chi connectivity index (χ3v) is 3.85. The highest BCUT2D eigenvalue weighted by molar-refractivity contribution is 5.92. The van der Waals surface area contributed by atoms with Crippen LogP contribution in [-0.2, 0) is 4.79 Å². The zero-order valence-corrected chi connectivity index (χ0v) is 13.8. The summed E-state index contributed by atoms with van der Waals surface area (Å²) in [4.78, 5) is 13.8. The van der Waals surface area contributed by atoms with E-state index in [4.69, 9.17) is 0 Å². The third kappa shape index (κ3) is 5.14. The van der Waals surface area contributed by atoms with Gasteiger partial charge in [-0.25, -0.2) is 4.39 Å². The first kappa shape index (κ1) is 17.7. The number of carbonyl (C=O) groups is 1. The van der Waals surface area contributed by atoms with Crippen LogP contribution >= 0.6 is 0 Å². The molecule has 0 heterocycles. The molecule has 1 amide bonds. The Morgan fingerprint density at radius 1 is 1.19 bits per heavy atom. The molecular weight excluding hydrogens is 265 g/mol. The van der Waals surface area contributed by atoms with E-state index in [1.54, 1.807) is 17.0 Å². The van der Waals surface area contributed by atoms with Gasteiger partial charge in [0.25, 0.3) is 0 Å². The van der Waals surface area contributed by atoms with E-state index in [9.17, 15) is 9.18 Å². The van der Waals surface area contributed by atoms with Crippen molar-refractivity contribution in [2.24, 2.45) is 0 Å². The summed E-state index contributed by atoms with van der Waals surface area (Å²) in [6.07, 6.45) is 6.17. The average Bonchev–Trinajstić information content (AvgIpc) is 2.44. The van der Waals surface area contributed by atoms with Crippen molar-refractivity contribution in [3.8, 4) is 0 Å². The van der Waals surface area contributed by atoms with Gasteiger partial charge in [-0.3, -0.25) is 4.79 Å². The van der Waals surface area contributed by atoms with Gasteiger partial charge in [-0.15, -0.1) is 0 Å². The van der Waals surface area contributed by atoms with Crippen LogP contribution in [0.4, 0.5) is 10.1 Å². The molecule has 1 aromatic carbocycles. The molecule has 0 bridgehead atoms. The summed E-state index contributed by atoms with van der Waals surface area (Å²) in [5.74, 6) is -0.384. The number of unbranched alkanes of at least 4 members (excludes halogenated alkanes) is 2. The van der Waals surface area contributed by atoms with Gasteiger partial charge in [0.05, 0.1) is 5.69 Å². The molecular formula is C18H28FNO. The van der Waals surface area contributed by atoms with E-state index in [0.717, 1.165) is 44.1 Å². The van der Waals surface area contributed by atoms with E-state index in [2.05, 4.69) is 13.8 Å². The highest BCUT2D eigenvalue weighted by Crippen LogP contribution is 2.27. The zero-order chi connectivity index (χ0) is 15.8. The maximum Gasteiger partial charge on any atom is 0.224 e. The summed E-state index contributed by atoms with van der Waals surface area (Å²) in [7, 11) is 0. The lowest BCUT2D eigenvalue weighted by Gasteiger charge is -2.32. The van der Waals surface area contributed by atoms with E-state index < -0.39 is 0 Å². The van der Waals surface area contributed by atoms with Crippen LogP contribution in [-0.4, -0.2) is 11.9 Å². The molecule has 0 aliphatic rings. The summed E-state index contributed by atoms with van der Waals surface area (Å²) in [5.41, 5.74) is 1.40. The van der Waals surface area contributed by atoms with Gasteiger partial charge in [0.15, 0.2) is 0 Å². The van der Waals surface area contributed by atoms with Gasteiger partial charge in [0, 0.05) is 13.0 Å². The van der Waals surface area contributed by atoms with Crippen molar-refractivity contribution in [2.75, 3.05) is 4.90 Å². The van der Waals surface area contributed by atoms with Crippen molar-refractivity contribution in [3.63, 3.8) is 0 Å². The fraction of sp³-hybridized carbons (Fsp3) is 0.611. The van der Waals surface area contributed by atoms with Crippen molar-refractivity contribution in [3.05, 3.63) is 29.6 Å². The topological polar surface area (TPSA) is 20.3 Å². The van der Waals surface area contributed by atoms with E-state index >= 15 is 0 Å². The van der Waals surface area contributed by atoms with Crippen molar-refractivity contribution in [2.45, 2.75) is 72.3 Å². The van der Waals surface area contributed by atoms with E-state index in [1.807, 2.05) is 6.92 Å². The summed E-state index contributed by atoms with van der Waals surface area (Å²) in [6.45, 7) is 7.74. The van der Waals surface area contributed by atoms with Gasteiger partial charge >= 0.3 is 0 Å². The summed E-state index contributed by atoms with van der Waals surface area (Å²) < 4.78 is 14.2. The standard InChI is InChI=1S/C18H28FNO/c1-5-7-9-16(10-8-6-2)20(15(4)21)18-13-14(3)11-12-17(18)19/h11-13,16H,5-10H2,1-4H3. The summed E-state index contributed by atoms with van der Waals surface area (Å²) in [5, 5.41) is 0. The lowest BCUT2D eigenvalue weighted by atomic mass is 10.0. The fourth-order valence-electron chi connectivity index (χ4n) is 2.71. The van der Waals surface area contributed by atoms with E-state index in [0.29, 0.717) is 5.69 Å². The Balaban J connectivity index is 3.10. The van der Waals surface area contributed by atoms with E-state index in [1.165, 1.54) is 13.0 Å². The first-order chi connectivity index (χ1) is 10.0. The number of halogens is 1. The number of anilines is 1. The van der Waals surface area contributed by atoms with Crippen LogP contribution in [0, 0.1) is 12.7 Å². The fourth-order valence-corrected chi connectivity index (χ4v) is 2.71. The number of hydrogen-bond acceptors (Lipinski definition) is 1. The Bertz CT molecular complexity index is 451. The Labute approximate surface area is 128 Å². The number of amides is 1. The molecule has 0 fully saturated rings. The number of hydrogen-bond donors (Lipinski definition) is 0. The van der Waals surface area contributed by atoms with Crippen molar-refractivity contribution in [1.29, 1.82) is 0 Å². The normalized spacial score (nSPS) is 11.0. The second-order valence-corrected chi connectivity index (χ2v) is 5.78. The number of aryl methyl sites for hydroxylation is 1. The smallest absolute Gasteiger partial charge is 0.224 e. The van der Waals surface area contributed by atoms with Crippen LogP contribution in [0.3, 0.4) is 0 Å². The molecule has 0 aromatic heterocycles.